The quantitative estimate of drug-likeness (QED) is 0.875. The molecule has 114 valence electrons. The molecule has 0 amide bonds. The van der Waals surface area contributed by atoms with E-state index in [1.54, 1.807) is 12.1 Å². The number of likely N-dealkylation sites (tertiary alicyclic amines) is 1. The Kier molecular flexibility index (Phi) is 4.21. The van der Waals surface area contributed by atoms with Crippen LogP contribution in [0, 0.1) is 17.1 Å². The zero-order valence-electron chi connectivity index (χ0n) is 12.7. The third-order valence-electron chi connectivity index (χ3n) is 4.44. The molecule has 2 heterocycles. The number of nitrogens with zero attached hydrogens (tertiary/aromatic N) is 4. The summed E-state index contributed by atoms with van der Waals surface area (Å²) in [6, 6.07) is 8.77. The van der Waals surface area contributed by atoms with E-state index in [0.29, 0.717) is 23.6 Å². The summed E-state index contributed by atoms with van der Waals surface area (Å²) in [5.41, 5.74) is 2.32. The van der Waals surface area contributed by atoms with Crippen molar-refractivity contribution in [2.45, 2.75) is 25.3 Å². The van der Waals surface area contributed by atoms with Crippen molar-refractivity contribution < 1.29 is 4.39 Å². The van der Waals surface area contributed by atoms with Gasteiger partial charge in [-0.2, -0.15) is 10.4 Å². The molecule has 1 aliphatic heterocycles. The van der Waals surface area contributed by atoms with Gasteiger partial charge in [0.2, 0.25) is 0 Å². The van der Waals surface area contributed by atoms with Crippen molar-refractivity contribution in [2.75, 3.05) is 13.1 Å². The minimum Gasteiger partial charge on any atom is -0.299 e. The van der Waals surface area contributed by atoms with Gasteiger partial charge in [-0.15, -0.1) is 0 Å². The van der Waals surface area contributed by atoms with Crippen LogP contribution in [-0.2, 0) is 13.6 Å². The van der Waals surface area contributed by atoms with Crippen LogP contribution in [0.1, 0.15) is 35.6 Å². The van der Waals surface area contributed by atoms with E-state index in [-0.39, 0.29) is 5.82 Å². The lowest BCUT2D eigenvalue weighted by molar-refractivity contribution is 0.199. The fourth-order valence-electron chi connectivity index (χ4n) is 3.16. The van der Waals surface area contributed by atoms with E-state index in [4.69, 9.17) is 5.26 Å². The first-order chi connectivity index (χ1) is 10.7. The molecule has 1 aromatic heterocycles. The van der Waals surface area contributed by atoms with Crippen molar-refractivity contribution >= 4 is 0 Å². The molecule has 5 heteroatoms. The smallest absolute Gasteiger partial charge is 0.129 e. The second-order valence-electron chi connectivity index (χ2n) is 5.85. The molecule has 0 unspecified atom stereocenters. The minimum atomic E-state index is -0.284. The van der Waals surface area contributed by atoms with Gasteiger partial charge < -0.3 is 0 Å². The Balaban J connectivity index is 1.61. The van der Waals surface area contributed by atoms with E-state index in [1.165, 1.54) is 11.8 Å². The highest BCUT2D eigenvalue weighted by atomic mass is 19.1. The zero-order valence-corrected chi connectivity index (χ0v) is 12.7. The first-order valence-electron chi connectivity index (χ1n) is 7.56. The summed E-state index contributed by atoms with van der Waals surface area (Å²) in [6.45, 7) is 2.51. The van der Waals surface area contributed by atoms with Crippen LogP contribution in [0.3, 0.4) is 0 Å². The van der Waals surface area contributed by atoms with Crippen molar-refractivity contribution in [2.24, 2.45) is 7.05 Å². The van der Waals surface area contributed by atoms with Gasteiger partial charge >= 0.3 is 0 Å². The summed E-state index contributed by atoms with van der Waals surface area (Å²) < 4.78 is 15.9. The molecule has 0 N–H and O–H groups in total. The molecule has 0 radical (unpaired) electrons. The van der Waals surface area contributed by atoms with E-state index in [0.717, 1.165) is 25.9 Å². The van der Waals surface area contributed by atoms with E-state index in [1.807, 2.05) is 24.0 Å². The average molecular weight is 298 g/mol. The summed E-state index contributed by atoms with van der Waals surface area (Å²) in [7, 11) is 1.98. The van der Waals surface area contributed by atoms with E-state index < -0.39 is 0 Å². The number of halogens is 1. The van der Waals surface area contributed by atoms with Crippen LogP contribution in [0.25, 0.3) is 0 Å². The first-order valence-corrected chi connectivity index (χ1v) is 7.56. The lowest BCUT2D eigenvalue weighted by Crippen LogP contribution is -2.33. The van der Waals surface area contributed by atoms with Crippen molar-refractivity contribution in [3.05, 3.63) is 53.1 Å². The van der Waals surface area contributed by atoms with Gasteiger partial charge in [0.1, 0.15) is 5.82 Å². The largest absolute Gasteiger partial charge is 0.299 e. The fraction of sp³-hybridized carbons (Fsp3) is 0.412. The highest BCUT2D eigenvalue weighted by Crippen LogP contribution is 2.28. The standard InChI is InChI=1S/C17H19FN4/c1-21-17(4-7-20-21)14-5-8-22(9-6-14)12-15-3-2-13(11-19)10-16(15)18/h2-4,7,10,14H,5-6,8-9,12H2,1H3. The maximum atomic E-state index is 14.0. The SMILES string of the molecule is Cn1nccc1C1CCN(Cc2ccc(C#N)cc2F)CC1. The summed E-state index contributed by atoms with van der Waals surface area (Å²) in [5.74, 6) is 0.252. The molecule has 0 aliphatic carbocycles. The van der Waals surface area contributed by atoms with Crippen LogP contribution >= 0.6 is 0 Å². The van der Waals surface area contributed by atoms with Crippen LogP contribution < -0.4 is 0 Å². The minimum absolute atomic E-state index is 0.284. The second-order valence-corrected chi connectivity index (χ2v) is 5.85. The Hall–Kier alpha value is -2.19. The molecule has 0 spiro atoms. The Morgan fingerprint density at radius 1 is 1.32 bits per heavy atom. The number of rotatable bonds is 3. The molecule has 0 bridgehead atoms. The molecule has 1 aliphatic rings. The lowest BCUT2D eigenvalue weighted by atomic mass is 9.93. The van der Waals surface area contributed by atoms with Gasteiger partial charge in [0.05, 0.1) is 11.6 Å². The maximum Gasteiger partial charge on any atom is 0.129 e. The predicted molar refractivity (Wildman–Crippen MR) is 81.6 cm³/mol. The Labute approximate surface area is 129 Å². The maximum absolute atomic E-state index is 14.0. The van der Waals surface area contributed by atoms with Gasteiger partial charge in [-0.3, -0.25) is 9.58 Å². The number of hydrogen-bond acceptors (Lipinski definition) is 3. The molecule has 1 aromatic carbocycles. The third-order valence-corrected chi connectivity index (χ3v) is 4.44. The second kappa shape index (κ2) is 6.29. The van der Waals surface area contributed by atoms with Crippen LogP contribution in [0.15, 0.2) is 30.5 Å². The topological polar surface area (TPSA) is 44.9 Å². The van der Waals surface area contributed by atoms with Gasteiger partial charge in [-0.05, 0) is 44.1 Å². The molecule has 4 nitrogen and oxygen atoms in total. The lowest BCUT2D eigenvalue weighted by Gasteiger charge is -2.32. The highest BCUT2D eigenvalue weighted by molar-refractivity contribution is 5.32. The van der Waals surface area contributed by atoms with Gasteiger partial charge in [-0.25, -0.2) is 4.39 Å². The highest BCUT2D eigenvalue weighted by Gasteiger charge is 2.23. The molecular formula is C17H19FN4. The Morgan fingerprint density at radius 3 is 2.68 bits per heavy atom. The van der Waals surface area contributed by atoms with Gasteiger partial charge in [0, 0.05) is 37.0 Å². The van der Waals surface area contributed by atoms with Crippen molar-refractivity contribution in [1.82, 2.24) is 14.7 Å². The molecule has 22 heavy (non-hydrogen) atoms. The predicted octanol–water partition coefficient (Wildman–Crippen LogP) is 2.81. The third kappa shape index (κ3) is 3.02. The number of hydrogen-bond donors (Lipinski definition) is 0. The number of aryl methyl sites for hydroxylation is 1. The average Bonchev–Trinajstić information content (AvgIpc) is 2.96. The van der Waals surface area contributed by atoms with Crippen LogP contribution in [0.4, 0.5) is 4.39 Å². The van der Waals surface area contributed by atoms with E-state index in [9.17, 15) is 4.39 Å². The first kappa shape index (κ1) is 14.7. The number of piperidine rings is 1. The Morgan fingerprint density at radius 2 is 2.09 bits per heavy atom. The zero-order chi connectivity index (χ0) is 15.5. The van der Waals surface area contributed by atoms with Gasteiger partial charge in [-0.1, -0.05) is 6.07 Å². The number of benzene rings is 1. The summed E-state index contributed by atoms with van der Waals surface area (Å²) in [4.78, 5) is 2.28. The molecule has 0 saturated carbocycles. The van der Waals surface area contributed by atoms with Crippen molar-refractivity contribution in [1.29, 1.82) is 5.26 Å². The monoisotopic (exact) mass is 298 g/mol. The number of aromatic nitrogens is 2. The van der Waals surface area contributed by atoms with Gasteiger partial charge in [0.25, 0.3) is 0 Å². The van der Waals surface area contributed by atoms with Crippen molar-refractivity contribution in [3.63, 3.8) is 0 Å². The molecule has 1 saturated heterocycles. The molecule has 3 rings (SSSR count). The fourth-order valence-corrected chi connectivity index (χ4v) is 3.16. The van der Waals surface area contributed by atoms with E-state index >= 15 is 0 Å². The van der Waals surface area contributed by atoms with Gasteiger partial charge in [0.15, 0.2) is 0 Å². The van der Waals surface area contributed by atoms with Crippen LogP contribution in [0.2, 0.25) is 0 Å². The Bertz CT molecular complexity index is 693. The van der Waals surface area contributed by atoms with Crippen LogP contribution in [0.5, 0.6) is 0 Å². The molecule has 2 aromatic rings. The molecular weight excluding hydrogens is 279 g/mol. The summed E-state index contributed by atoms with van der Waals surface area (Å²) in [5, 5.41) is 13.0. The van der Waals surface area contributed by atoms with Crippen molar-refractivity contribution in [3.8, 4) is 6.07 Å². The molecule has 1 fully saturated rings. The van der Waals surface area contributed by atoms with E-state index in [2.05, 4.69) is 16.1 Å². The molecule has 0 atom stereocenters. The van der Waals surface area contributed by atoms with Crippen LogP contribution in [-0.4, -0.2) is 27.8 Å². The summed E-state index contributed by atoms with van der Waals surface area (Å²) >= 11 is 0. The normalized spacial score (nSPS) is 16.6. The summed E-state index contributed by atoms with van der Waals surface area (Å²) in [6.07, 6.45) is 3.97. The number of nitriles is 1.